The molecule has 0 spiro atoms. The molecule has 170 valence electrons. The molecule has 2 aromatic heterocycles. The Kier molecular flexibility index (Phi) is 6.48. The Morgan fingerprint density at radius 2 is 1.97 bits per heavy atom. The molecular formula is C23H27N3O5S. The van der Waals surface area contributed by atoms with E-state index in [0.717, 1.165) is 45.7 Å². The van der Waals surface area contributed by atoms with Gasteiger partial charge in [-0.2, -0.15) is 4.98 Å². The molecule has 8 nitrogen and oxygen atoms in total. The van der Waals surface area contributed by atoms with E-state index in [1.165, 1.54) is 11.3 Å². The predicted octanol–water partition coefficient (Wildman–Crippen LogP) is 4.15. The Bertz CT molecular complexity index is 1150. The highest BCUT2D eigenvalue weighted by Crippen LogP contribution is 2.42. The summed E-state index contributed by atoms with van der Waals surface area (Å²) in [6.07, 6.45) is 1.78. The molecule has 1 atom stereocenters. The first-order valence-corrected chi connectivity index (χ1v) is 11.2. The lowest BCUT2D eigenvalue weighted by Crippen LogP contribution is -2.30. The molecule has 0 aliphatic carbocycles. The summed E-state index contributed by atoms with van der Waals surface area (Å²) in [5.74, 6) is 2.46. The number of benzene rings is 1. The van der Waals surface area contributed by atoms with Crippen molar-refractivity contribution in [2.24, 2.45) is 0 Å². The smallest absolute Gasteiger partial charge is 0.264 e. The lowest BCUT2D eigenvalue weighted by molar-refractivity contribution is 0.0738. The number of hydrogen-bond donors (Lipinski definition) is 0. The maximum atomic E-state index is 13.7. The van der Waals surface area contributed by atoms with Gasteiger partial charge in [-0.05, 0) is 43.5 Å². The number of likely N-dealkylation sites (tertiary alicyclic amines) is 1. The van der Waals surface area contributed by atoms with Gasteiger partial charge in [0.05, 0.1) is 37.6 Å². The van der Waals surface area contributed by atoms with Gasteiger partial charge in [0.2, 0.25) is 5.88 Å². The number of methoxy groups -OCH3 is 4. The molecule has 1 aromatic carbocycles. The number of carbonyl (C=O) groups is 1. The van der Waals surface area contributed by atoms with Crippen molar-refractivity contribution >= 4 is 27.5 Å². The first-order valence-electron chi connectivity index (χ1n) is 10.4. The number of thiophene rings is 1. The van der Waals surface area contributed by atoms with Crippen molar-refractivity contribution in [3.05, 3.63) is 40.0 Å². The van der Waals surface area contributed by atoms with Crippen LogP contribution in [0.25, 0.3) is 10.2 Å². The first-order chi connectivity index (χ1) is 15.5. The van der Waals surface area contributed by atoms with E-state index in [4.69, 9.17) is 18.9 Å². The molecule has 1 aliphatic rings. The van der Waals surface area contributed by atoms with E-state index >= 15 is 0 Å². The maximum Gasteiger partial charge on any atom is 0.264 e. The highest BCUT2D eigenvalue weighted by atomic mass is 32.1. The summed E-state index contributed by atoms with van der Waals surface area (Å²) in [5, 5.41) is 0.774. The summed E-state index contributed by atoms with van der Waals surface area (Å²) in [5.41, 5.74) is 1.79. The Morgan fingerprint density at radius 1 is 1.16 bits per heavy atom. The predicted molar refractivity (Wildman–Crippen MR) is 122 cm³/mol. The molecule has 32 heavy (non-hydrogen) atoms. The summed E-state index contributed by atoms with van der Waals surface area (Å²) in [6.45, 7) is 2.87. The summed E-state index contributed by atoms with van der Waals surface area (Å²) in [4.78, 5) is 26.1. The number of ether oxygens (including phenoxy) is 4. The van der Waals surface area contributed by atoms with Crippen LogP contribution >= 0.6 is 11.3 Å². The van der Waals surface area contributed by atoms with Crippen molar-refractivity contribution in [3.8, 4) is 17.4 Å². The van der Waals surface area contributed by atoms with Gasteiger partial charge in [0.15, 0.2) is 5.82 Å². The summed E-state index contributed by atoms with van der Waals surface area (Å²) in [7, 11) is 6.44. The fraction of sp³-hybridized carbons (Fsp3) is 0.435. The largest absolute Gasteiger partial charge is 0.497 e. The van der Waals surface area contributed by atoms with E-state index < -0.39 is 0 Å². The van der Waals surface area contributed by atoms with E-state index in [-0.39, 0.29) is 18.6 Å². The van der Waals surface area contributed by atoms with Gasteiger partial charge in [0.1, 0.15) is 22.9 Å². The van der Waals surface area contributed by atoms with Crippen LogP contribution in [0.5, 0.6) is 17.4 Å². The molecule has 4 rings (SSSR count). The Morgan fingerprint density at radius 3 is 2.66 bits per heavy atom. The SMILES string of the molecule is COCc1nc(OC)c2c(C)c(C(=O)N3CCCC3c3cc(OC)ccc3OC)sc2n1. The van der Waals surface area contributed by atoms with Gasteiger partial charge in [-0.25, -0.2) is 4.98 Å². The minimum atomic E-state index is -0.0887. The minimum Gasteiger partial charge on any atom is -0.497 e. The van der Waals surface area contributed by atoms with Crippen molar-refractivity contribution in [2.75, 3.05) is 35.0 Å². The van der Waals surface area contributed by atoms with Crippen LogP contribution in [-0.2, 0) is 11.3 Å². The zero-order valence-electron chi connectivity index (χ0n) is 18.9. The molecule has 0 N–H and O–H groups in total. The number of aryl methyl sites for hydroxylation is 1. The van der Waals surface area contributed by atoms with Crippen LogP contribution in [-0.4, -0.2) is 55.8 Å². The van der Waals surface area contributed by atoms with Gasteiger partial charge < -0.3 is 23.8 Å². The van der Waals surface area contributed by atoms with Gasteiger partial charge >= 0.3 is 0 Å². The molecule has 0 bridgehead atoms. The molecule has 9 heteroatoms. The number of amides is 1. The first kappa shape index (κ1) is 22.3. The second-order valence-corrected chi connectivity index (χ2v) is 8.58. The third-order valence-corrected chi connectivity index (χ3v) is 6.95. The van der Waals surface area contributed by atoms with Crippen molar-refractivity contribution in [2.45, 2.75) is 32.4 Å². The topological polar surface area (TPSA) is 83.0 Å². The van der Waals surface area contributed by atoms with Crippen LogP contribution in [0.15, 0.2) is 18.2 Å². The van der Waals surface area contributed by atoms with E-state index in [1.54, 1.807) is 28.4 Å². The van der Waals surface area contributed by atoms with Crippen LogP contribution in [0.1, 0.15) is 45.5 Å². The number of fused-ring (bicyclic) bond motifs is 1. The lowest BCUT2D eigenvalue weighted by Gasteiger charge is -2.26. The van der Waals surface area contributed by atoms with Gasteiger partial charge in [0, 0.05) is 19.2 Å². The minimum absolute atomic E-state index is 0.0202. The third-order valence-electron chi connectivity index (χ3n) is 5.77. The maximum absolute atomic E-state index is 13.7. The van der Waals surface area contributed by atoms with Crippen LogP contribution in [0.2, 0.25) is 0 Å². The quantitative estimate of drug-likeness (QED) is 0.527. The van der Waals surface area contributed by atoms with Crippen molar-refractivity contribution in [3.63, 3.8) is 0 Å². The van der Waals surface area contributed by atoms with Crippen molar-refractivity contribution in [1.29, 1.82) is 0 Å². The molecule has 1 unspecified atom stereocenters. The van der Waals surface area contributed by atoms with E-state index in [2.05, 4.69) is 9.97 Å². The zero-order chi connectivity index (χ0) is 22.8. The molecule has 1 fully saturated rings. The molecule has 1 aliphatic heterocycles. The number of aromatic nitrogens is 2. The fourth-order valence-corrected chi connectivity index (χ4v) is 5.40. The van der Waals surface area contributed by atoms with Crippen LogP contribution < -0.4 is 14.2 Å². The van der Waals surface area contributed by atoms with Gasteiger partial charge in [-0.3, -0.25) is 4.79 Å². The second-order valence-electron chi connectivity index (χ2n) is 7.58. The van der Waals surface area contributed by atoms with E-state index in [1.807, 2.05) is 30.0 Å². The standard InChI is InChI=1S/C23H27N3O5S/c1-13-19-21(31-5)24-18(12-28-2)25-22(19)32-20(13)23(27)26-10-6-7-16(26)15-11-14(29-3)8-9-17(15)30-4/h8-9,11,16H,6-7,10,12H2,1-5H3. The molecule has 3 heterocycles. The summed E-state index contributed by atoms with van der Waals surface area (Å²) < 4.78 is 21.7. The monoisotopic (exact) mass is 457 g/mol. The van der Waals surface area contributed by atoms with Crippen LogP contribution in [0, 0.1) is 6.92 Å². The number of hydrogen-bond acceptors (Lipinski definition) is 8. The average Bonchev–Trinajstić information content (AvgIpc) is 3.43. The number of carbonyl (C=O) groups excluding carboxylic acids is 1. The summed E-state index contributed by atoms with van der Waals surface area (Å²) in [6, 6.07) is 5.62. The van der Waals surface area contributed by atoms with Crippen LogP contribution in [0.3, 0.4) is 0 Å². The second kappa shape index (κ2) is 9.30. The molecule has 0 saturated carbocycles. The summed E-state index contributed by atoms with van der Waals surface area (Å²) >= 11 is 1.37. The zero-order valence-corrected chi connectivity index (χ0v) is 19.7. The van der Waals surface area contributed by atoms with Gasteiger partial charge in [-0.15, -0.1) is 11.3 Å². The molecular weight excluding hydrogens is 430 g/mol. The molecule has 1 saturated heterocycles. The third kappa shape index (κ3) is 3.86. The number of rotatable bonds is 7. The molecule has 3 aromatic rings. The lowest BCUT2D eigenvalue weighted by atomic mass is 10.0. The van der Waals surface area contributed by atoms with Crippen LogP contribution in [0.4, 0.5) is 0 Å². The number of nitrogens with zero attached hydrogens (tertiary/aromatic N) is 3. The Hall–Kier alpha value is -2.91. The molecule has 1 amide bonds. The van der Waals surface area contributed by atoms with E-state index in [9.17, 15) is 4.79 Å². The Labute approximate surface area is 191 Å². The fourth-order valence-electron chi connectivity index (χ4n) is 4.25. The van der Waals surface area contributed by atoms with Gasteiger partial charge in [-0.1, -0.05) is 0 Å². The van der Waals surface area contributed by atoms with E-state index in [0.29, 0.717) is 23.1 Å². The molecule has 0 radical (unpaired) electrons. The van der Waals surface area contributed by atoms with Crippen molar-refractivity contribution in [1.82, 2.24) is 14.9 Å². The average molecular weight is 458 g/mol. The highest BCUT2D eigenvalue weighted by molar-refractivity contribution is 7.20. The Balaban J connectivity index is 1.75. The highest BCUT2D eigenvalue weighted by Gasteiger charge is 2.35. The van der Waals surface area contributed by atoms with Gasteiger partial charge in [0.25, 0.3) is 5.91 Å². The van der Waals surface area contributed by atoms with Crippen molar-refractivity contribution < 1.29 is 23.7 Å². The normalized spacial score (nSPS) is 15.9.